The summed E-state index contributed by atoms with van der Waals surface area (Å²) in [5, 5.41) is 3.27. The zero-order valence-electron chi connectivity index (χ0n) is 15.0. The molecule has 0 bridgehead atoms. The third kappa shape index (κ3) is 4.66. The highest BCUT2D eigenvalue weighted by Crippen LogP contribution is 2.22. The van der Waals surface area contributed by atoms with Crippen LogP contribution >= 0.6 is 0 Å². The fraction of sp³-hybridized carbons (Fsp3) is 0.190. The van der Waals surface area contributed by atoms with Crippen LogP contribution in [-0.2, 0) is 6.42 Å². The van der Waals surface area contributed by atoms with Gasteiger partial charge in [0.1, 0.15) is 5.82 Å². The van der Waals surface area contributed by atoms with Crippen molar-refractivity contribution in [3.05, 3.63) is 79.1 Å². The van der Waals surface area contributed by atoms with Gasteiger partial charge in [-0.2, -0.15) is 4.98 Å². The van der Waals surface area contributed by atoms with Crippen LogP contribution in [-0.4, -0.2) is 35.1 Å². The first-order chi connectivity index (χ1) is 12.8. The molecule has 0 unspecified atom stereocenters. The maximum Gasteiger partial charge on any atom is 0.227 e. The molecule has 0 saturated heterocycles. The van der Waals surface area contributed by atoms with Crippen LogP contribution in [0.25, 0.3) is 11.3 Å². The molecular weight excluding hydrogens is 322 g/mol. The molecule has 0 atom stereocenters. The van der Waals surface area contributed by atoms with Gasteiger partial charge in [0.15, 0.2) is 0 Å². The second kappa shape index (κ2) is 8.76. The average molecular weight is 345 g/mol. The zero-order chi connectivity index (χ0) is 18.2. The molecule has 5 nitrogen and oxygen atoms in total. The molecule has 0 saturated carbocycles. The highest BCUT2D eigenvalue weighted by molar-refractivity contribution is 5.64. The summed E-state index contributed by atoms with van der Waals surface area (Å²) in [7, 11) is 2.02. The van der Waals surface area contributed by atoms with Gasteiger partial charge >= 0.3 is 0 Å². The molecule has 1 N–H and O–H groups in total. The van der Waals surface area contributed by atoms with Crippen LogP contribution in [0.2, 0.25) is 0 Å². The molecule has 0 aliphatic rings. The van der Waals surface area contributed by atoms with Crippen molar-refractivity contribution in [3.8, 4) is 11.3 Å². The Morgan fingerprint density at radius 1 is 1.08 bits per heavy atom. The van der Waals surface area contributed by atoms with Crippen LogP contribution in [0.5, 0.6) is 0 Å². The summed E-state index contributed by atoms with van der Waals surface area (Å²) in [6, 6.07) is 16.2. The van der Waals surface area contributed by atoms with Crippen molar-refractivity contribution in [3.63, 3.8) is 0 Å². The molecule has 0 aliphatic carbocycles. The highest BCUT2D eigenvalue weighted by atomic mass is 15.2. The van der Waals surface area contributed by atoms with Gasteiger partial charge in [0.25, 0.3) is 0 Å². The number of benzene rings is 1. The normalized spacial score (nSPS) is 10.3. The molecular formula is C21H23N5. The monoisotopic (exact) mass is 345 g/mol. The van der Waals surface area contributed by atoms with Crippen LogP contribution in [0.4, 0.5) is 11.8 Å². The quantitative estimate of drug-likeness (QED) is 0.629. The summed E-state index contributed by atoms with van der Waals surface area (Å²) in [5.74, 6) is 1.50. The van der Waals surface area contributed by atoms with Crippen LogP contribution < -0.4 is 10.2 Å². The molecule has 0 amide bonds. The second-order valence-electron chi connectivity index (χ2n) is 6.00. The minimum atomic E-state index is 0.658. The van der Waals surface area contributed by atoms with E-state index in [1.165, 1.54) is 5.56 Å². The molecule has 0 aliphatic heterocycles. The molecule has 0 radical (unpaired) electrons. The van der Waals surface area contributed by atoms with E-state index in [0.717, 1.165) is 30.0 Å². The Bertz CT molecular complexity index is 834. The predicted octanol–water partition coefficient (Wildman–Crippen LogP) is 3.82. The van der Waals surface area contributed by atoms with Gasteiger partial charge in [0, 0.05) is 44.2 Å². The Hall–Kier alpha value is -3.21. The van der Waals surface area contributed by atoms with Crippen molar-refractivity contribution in [2.24, 2.45) is 0 Å². The van der Waals surface area contributed by atoms with Crippen molar-refractivity contribution in [1.29, 1.82) is 0 Å². The van der Waals surface area contributed by atoms with Gasteiger partial charge in [-0.15, -0.1) is 6.58 Å². The first-order valence-corrected chi connectivity index (χ1v) is 8.65. The number of likely N-dealkylation sites (N-methyl/N-ethyl adjacent to an activating group) is 1. The lowest BCUT2D eigenvalue weighted by molar-refractivity contribution is 0.838. The van der Waals surface area contributed by atoms with Crippen molar-refractivity contribution in [2.45, 2.75) is 6.42 Å². The lowest BCUT2D eigenvalue weighted by Crippen LogP contribution is -2.23. The number of hydrogen-bond donors (Lipinski definition) is 1. The van der Waals surface area contributed by atoms with Crippen LogP contribution in [0.3, 0.4) is 0 Å². The summed E-state index contributed by atoms with van der Waals surface area (Å²) >= 11 is 0. The average Bonchev–Trinajstić information content (AvgIpc) is 2.71. The van der Waals surface area contributed by atoms with Gasteiger partial charge in [-0.25, -0.2) is 4.98 Å². The minimum Gasteiger partial charge on any atom is -0.366 e. The van der Waals surface area contributed by atoms with Gasteiger partial charge in [-0.05, 0) is 24.1 Å². The van der Waals surface area contributed by atoms with Crippen LogP contribution in [0, 0.1) is 0 Å². The van der Waals surface area contributed by atoms with Gasteiger partial charge in [0.2, 0.25) is 5.95 Å². The fourth-order valence-corrected chi connectivity index (χ4v) is 2.58. The Morgan fingerprint density at radius 3 is 2.58 bits per heavy atom. The van der Waals surface area contributed by atoms with Crippen molar-refractivity contribution in [1.82, 2.24) is 15.0 Å². The lowest BCUT2D eigenvalue weighted by atomic mass is 10.1. The topological polar surface area (TPSA) is 53.9 Å². The van der Waals surface area contributed by atoms with Gasteiger partial charge in [-0.3, -0.25) is 4.98 Å². The summed E-state index contributed by atoms with van der Waals surface area (Å²) in [5.41, 5.74) is 3.22. The van der Waals surface area contributed by atoms with E-state index in [2.05, 4.69) is 38.9 Å². The maximum absolute atomic E-state index is 4.76. The summed E-state index contributed by atoms with van der Waals surface area (Å²) in [6.45, 7) is 5.24. The molecule has 132 valence electrons. The Morgan fingerprint density at radius 2 is 1.85 bits per heavy atom. The van der Waals surface area contributed by atoms with Crippen LogP contribution in [0.1, 0.15) is 5.56 Å². The van der Waals surface area contributed by atoms with E-state index in [-0.39, 0.29) is 0 Å². The van der Waals surface area contributed by atoms with Gasteiger partial charge in [-0.1, -0.05) is 36.4 Å². The summed E-state index contributed by atoms with van der Waals surface area (Å²) in [4.78, 5) is 15.5. The van der Waals surface area contributed by atoms with Crippen LogP contribution in [0.15, 0.2) is 73.6 Å². The highest BCUT2D eigenvalue weighted by Gasteiger charge is 2.10. The predicted molar refractivity (Wildman–Crippen MR) is 107 cm³/mol. The molecule has 3 rings (SSSR count). The van der Waals surface area contributed by atoms with E-state index in [1.807, 2.05) is 61.9 Å². The first kappa shape index (κ1) is 17.6. The molecule has 0 fully saturated rings. The number of anilines is 2. The number of aromatic nitrogens is 3. The molecule has 0 spiro atoms. The smallest absolute Gasteiger partial charge is 0.227 e. The Kier molecular flexibility index (Phi) is 5.93. The van der Waals surface area contributed by atoms with Crippen molar-refractivity contribution >= 4 is 11.8 Å². The zero-order valence-corrected chi connectivity index (χ0v) is 15.0. The number of nitrogens with one attached hydrogen (secondary N) is 1. The fourth-order valence-electron chi connectivity index (χ4n) is 2.58. The second-order valence-corrected chi connectivity index (χ2v) is 6.00. The van der Waals surface area contributed by atoms with E-state index in [0.29, 0.717) is 12.5 Å². The molecule has 26 heavy (non-hydrogen) atoms. The van der Waals surface area contributed by atoms with Crippen molar-refractivity contribution < 1.29 is 0 Å². The number of hydrogen-bond acceptors (Lipinski definition) is 5. The lowest BCUT2D eigenvalue weighted by Gasteiger charge is -2.19. The Balaban J connectivity index is 1.83. The van der Waals surface area contributed by atoms with Gasteiger partial charge in [0.05, 0.1) is 5.69 Å². The minimum absolute atomic E-state index is 0.658. The van der Waals surface area contributed by atoms with E-state index < -0.39 is 0 Å². The van der Waals surface area contributed by atoms with E-state index in [9.17, 15) is 0 Å². The third-order valence-corrected chi connectivity index (χ3v) is 4.04. The third-order valence-electron chi connectivity index (χ3n) is 4.04. The number of rotatable bonds is 8. The summed E-state index contributed by atoms with van der Waals surface area (Å²) < 4.78 is 0. The SMILES string of the molecule is C=CCNc1cc(-c2ccccc2)nc(N(C)CCc2ccncc2)n1. The summed E-state index contributed by atoms with van der Waals surface area (Å²) in [6.07, 6.45) is 6.36. The largest absolute Gasteiger partial charge is 0.366 e. The first-order valence-electron chi connectivity index (χ1n) is 8.65. The van der Waals surface area contributed by atoms with E-state index >= 15 is 0 Å². The number of nitrogens with zero attached hydrogens (tertiary/aromatic N) is 4. The van der Waals surface area contributed by atoms with Gasteiger partial charge < -0.3 is 10.2 Å². The number of pyridine rings is 1. The van der Waals surface area contributed by atoms with Crippen molar-refractivity contribution in [2.75, 3.05) is 30.4 Å². The standard InChI is InChI=1S/C21H23N5/c1-3-12-23-20-16-19(18-7-5-4-6-8-18)24-21(25-20)26(2)15-11-17-9-13-22-14-10-17/h3-10,13-14,16H,1,11-12,15H2,2H3,(H,23,24,25). The maximum atomic E-state index is 4.76. The molecule has 5 heteroatoms. The molecule has 3 aromatic rings. The molecule has 2 aromatic heterocycles. The molecule has 2 heterocycles. The van der Waals surface area contributed by atoms with E-state index in [4.69, 9.17) is 4.98 Å². The Labute approximate surface area is 154 Å². The molecule has 1 aromatic carbocycles. The van der Waals surface area contributed by atoms with E-state index in [1.54, 1.807) is 0 Å².